The topological polar surface area (TPSA) is 423 Å². The monoisotopic (exact) mass is 1060 g/mol. The van der Waals surface area contributed by atoms with Crippen LogP contribution in [0.5, 0.6) is 0 Å². The summed E-state index contributed by atoms with van der Waals surface area (Å²) < 4.78 is 138. The predicted octanol–water partition coefficient (Wildman–Crippen LogP) is -9.17. The van der Waals surface area contributed by atoms with E-state index in [4.69, 9.17) is 84.7 Å². The van der Waals surface area contributed by atoms with E-state index in [0.717, 1.165) is 0 Å². The van der Waals surface area contributed by atoms with Crippen molar-refractivity contribution in [1.29, 1.82) is 0 Å². The first-order chi connectivity index (χ1) is 33.9. The fourth-order valence-electron chi connectivity index (χ4n) is 10.5. The van der Waals surface area contributed by atoms with Crippen molar-refractivity contribution in [2.45, 2.75) is 184 Å². The summed E-state index contributed by atoms with van der Waals surface area (Å²) in [5, 5.41) is 107. The first-order valence-corrected chi connectivity index (χ1v) is 24.2. The Hall–Kier alpha value is -1.21. The zero-order chi connectivity index (χ0) is 50.8. The van der Waals surface area contributed by atoms with Gasteiger partial charge >= 0.3 is 10.4 Å². The Labute approximate surface area is 403 Å². The van der Waals surface area contributed by atoms with Gasteiger partial charge in [-0.05, 0) is 0 Å². The molecular formula is C39H62O31S. The first-order valence-electron chi connectivity index (χ1n) is 22.8. The molecular weight excluding hydrogens is 996 g/mol. The van der Waals surface area contributed by atoms with E-state index < -0.39 is 214 Å². The zero-order valence-electron chi connectivity index (χ0n) is 38.1. The van der Waals surface area contributed by atoms with Crippen LogP contribution in [0.1, 0.15) is 0 Å². The van der Waals surface area contributed by atoms with Gasteiger partial charge in [-0.3, -0.25) is 4.55 Å². The van der Waals surface area contributed by atoms with Gasteiger partial charge < -0.3 is 132 Å². The normalized spacial score (nSPS) is 53.0. The lowest BCUT2D eigenvalue weighted by molar-refractivity contribution is -0.381. The van der Waals surface area contributed by atoms with Gasteiger partial charge in [0, 0.05) is 21.3 Å². The molecule has 9 saturated heterocycles. The fraction of sp³-hybridized carbons (Fsp3) is 1.00. The number of fused-ring (bicyclic) bond motifs is 6. The quantitative estimate of drug-likeness (QED) is 0.0568. The molecule has 0 spiro atoms. The van der Waals surface area contributed by atoms with Crippen LogP contribution in [-0.4, -0.2) is 309 Å². The highest BCUT2D eigenvalue weighted by atomic mass is 32.3. The summed E-state index contributed by atoms with van der Waals surface area (Å²) >= 11 is 0. The molecule has 0 aromatic heterocycles. The van der Waals surface area contributed by atoms with E-state index in [2.05, 4.69) is 0 Å². The Balaban J connectivity index is 0.873. The Morgan fingerprint density at radius 1 is 0.408 bits per heavy atom. The van der Waals surface area contributed by atoms with E-state index in [1.807, 2.05) is 0 Å². The molecule has 0 radical (unpaired) electrons. The summed E-state index contributed by atoms with van der Waals surface area (Å²) in [6.07, 6.45) is -42.4. The van der Waals surface area contributed by atoms with Gasteiger partial charge in [-0.25, -0.2) is 4.18 Å². The highest BCUT2D eigenvalue weighted by Crippen LogP contribution is 2.42. The first kappa shape index (κ1) is 54.6. The lowest BCUT2D eigenvalue weighted by atomic mass is 9.96. The lowest BCUT2D eigenvalue weighted by Gasteiger charge is -2.48. The van der Waals surface area contributed by atoms with Gasteiger partial charge in [0.05, 0.1) is 39.6 Å². The lowest BCUT2D eigenvalue weighted by Crippen LogP contribution is -2.67. The van der Waals surface area contributed by atoms with E-state index in [-0.39, 0.29) is 19.8 Å². The average molecular weight is 1060 g/mol. The molecule has 9 rings (SSSR count). The third kappa shape index (κ3) is 10.5. The van der Waals surface area contributed by atoms with Crippen LogP contribution >= 0.6 is 0 Å². The summed E-state index contributed by atoms with van der Waals surface area (Å²) in [7, 11) is -1.45. The second-order valence-corrected chi connectivity index (χ2v) is 19.3. The van der Waals surface area contributed by atoms with Crippen molar-refractivity contribution < 1.29 is 149 Å². The maximum atomic E-state index is 12.0. The summed E-state index contributed by atoms with van der Waals surface area (Å²) in [6.45, 7) is -2.78. The minimum atomic E-state index is -5.27. The molecule has 11 N–H and O–H groups in total. The second-order valence-electron chi connectivity index (χ2n) is 18.3. The van der Waals surface area contributed by atoms with Gasteiger partial charge in [0.15, 0.2) is 37.7 Å². The van der Waals surface area contributed by atoms with Crippen molar-refractivity contribution in [1.82, 2.24) is 0 Å². The van der Waals surface area contributed by atoms with Crippen LogP contribution in [0.4, 0.5) is 0 Å². The molecule has 9 heterocycles. The van der Waals surface area contributed by atoms with Crippen molar-refractivity contribution >= 4 is 10.4 Å². The SMILES string of the molecule is CO[C@@H]1[C@H](O[C@@H]2[C@@H](O)[C@H](O)O[C@H](CO)[C@@H]2O)O[C@H]2CO[C@@H]1[C@@H]2O[C@@H]1O[C@H](CO)[C@H](O)[C@H](O[C@@H]2O[C@H]3CO[C@@H]([C@@H]2OC)[C@@H]3O[C@@H]2O[C@H](CO)[C@H](OS(=O)(=O)O)[C@H](O[C@@H]3O[C@H]4CO[C@H]([C@@H]4O)[C@@H]3OC)[C@H]2O)[C@H]1O. The van der Waals surface area contributed by atoms with Crippen LogP contribution in [0, 0.1) is 0 Å². The van der Waals surface area contributed by atoms with Crippen LogP contribution in [0.2, 0.25) is 0 Å². The summed E-state index contributed by atoms with van der Waals surface area (Å²) in [6, 6.07) is 0. The maximum Gasteiger partial charge on any atom is 0.397 e. The molecule has 9 aliphatic heterocycles. The van der Waals surface area contributed by atoms with Gasteiger partial charge in [-0.1, -0.05) is 0 Å². The van der Waals surface area contributed by atoms with Crippen molar-refractivity contribution in [2.24, 2.45) is 0 Å². The third-order valence-electron chi connectivity index (χ3n) is 14.1. The minimum absolute atomic E-state index is 0.0461. The highest BCUT2D eigenvalue weighted by molar-refractivity contribution is 7.80. The molecule has 0 unspecified atom stereocenters. The Morgan fingerprint density at radius 3 is 1.30 bits per heavy atom. The van der Waals surface area contributed by atoms with Crippen molar-refractivity contribution in [3.8, 4) is 0 Å². The van der Waals surface area contributed by atoms with Gasteiger partial charge in [-0.2, -0.15) is 8.42 Å². The Morgan fingerprint density at radius 2 is 0.803 bits per heavy atom. The minimum Gasteiger partial charge on any atom is -0.394 e. The van der Waals surface area contributed by atoms with Crippen LogP contribution < -0.4 is 0 Å². The summed E-state index contributed by atoms with van der Waals surface area (Å²) in [4.78, 5) is 0. The number of hydrogen-bond acceptors (Lipinski definition) is 30. The van der Waals surface area contributed by atoms with E-state index >= 15 is 0 Å². The molecule has 71 heavy (non-hydrogen) atoms. The summed E-state index contributed by atoms with van der Waals surface area (Å²) in [5.74, 6) is 0. The molecule has 0 saturated carbocycles. The second kappa shape index (κ2) is 22.4. The summed E-state index contributed by atoms with van der Waals surface area (Å²) in [5.41, 5.74) is 0. The van der Waals surface area contributed by atoms with Gasteiger partial charge in [0.1, 0.15) is 146 Å². The Kier molecular flexibility index (Phi) is 17.2. The molecule has 0 aromatic rings. The average Bonchev–Trinajstić information content (AvgIpc) is 3.88. The molecule has 9 fully saturated rings. The fourth-order valence-corrected chi connectivity index (χ4v) is 11.1. The van der Waals surface area contributed by atoms with Crippen molar-refractivity contribution in [3.63, 3.8) is 0 Å². The van der Waals surface area contributed by atoms with E-state index in [0.29, 0.717) is 0 Å². The van der Waals surface area contributed by atoms with E-state index in [1.54, 1.807) is 0 Å². The standard InChI is InChI=1S/C39H62O31S/c1-53-31-27-18(45)13(7-56-27)62-37(31)69-28-21(48)36(61-12(6-42)24(28)70-71(50,51)52)66-23-15-9-58-30(23)33(55-3)39(64-15)68-26-17(44)11(5-41)60-35(20(26)47)65-22-14-8-57-29(22)32(54-2)38(63-14)67-25-16(43)10(4-40)59-34(49)19(25)46/h10-49H,4-9H2,1-3H3,(H,50,51,52)/t10-,11-,12-,13+,14+,15+,16+,17+,18-,19-,20-,21-,22-,23-,24+,25+,26+,27-,28-,29-,30-,31+,32+,33+,34-,35+,36+,37+,38+,39+/m1/s1. The molecule has 32 heteroatoms. The molecule has 0 amide bonds. The zero-order valence-corrected chi connectivity index (χ0v) is 38.9. The molecule has 0 aromatic carbocycles. The van der Waals surface area contributed by atoms with Crippen molar-refractivity contribution in [2.75, 3.05) is 61.0 Å². The number of aliphatic hydroxyl groups is 10. The largest absolute Gasteiger partial charge is 0.397 e. The molecule has 31 nitrogen and oxygen atoms in total. The Bertz CT molecular complexity index is 1860. The third-order valence-corrected chi connectivity index (χ3v) is 14.6. The predicted molar refractivity (Wildman–Crippen MR) is 214 cm³/mol. The van der Waals surface area contributed by atoms with Gasteiger partial charge in [0.25, 0.3) is 0 Å². The number of aliphatic hydroxyl groups excluding tert-OH is 10. The molecule has 0 aliphatic carbocycles. The van der Waals surface area contributed by atoms with E-state index in [9.17, 15) is 64.0 Å². The smallest absolute Gasteiger partial charge is 0.394 e. The van der Waals surface area contributed by atoms with Crippen LogP contribution in [0.15, 0.2) is 0 Å². The van der Waals surface area contributed by atoms with E-state index in [1.165, 1.54) is 21.3 Å². The number of hydrogen-bond donors (Lipinski definition) is 11. The van der Waals surface area contributed by atoms with Crippen molar-refractivity contribution in [3.05, 3.63) is 0 Å². The van der Waals surface area contributed by atoms with Crippen LogP contribution in [0.3, 0.4) is 0 Å². The van der Waals surface area contributed by atoms with Crippen LogP contribution in [0.25, 0.3) is 0 Å². The maximum absolute atomic E-state index is 12.0. The number of rotatable bonds is 18. The number of methoxy groups -OCH3 is 3. The molecule has 30 atom stereocenters. The van der Waals surface area contributed by atoms with Gasteiger partial charge in [0.2, 0.25) is 0 Å². The van der Waals surface area contributed by atoms with Crippen LogP contribution in [-0.2, 0) is 95.1 Å². The van der Waals surface area contributed by atoms with Gasteiger partial charge in [-0.15, -0.1) is 0 Å². The molecule has 410 valence electrons. The molecule has 6 bridgehead atoms. The molecule has 9 aliphatic rings. The number of ether oxygens (including phenoxy) is 17. The highest BCUT2D eigenvalue weighted by Gasteiger charge is 2.62.